The smallest absolute Gasteiger partial charge is 0.326 e. The Hall–Kier alpha value is -1.10. The average Bonchev–Trinajstić information content (AvgIpc) is 2.15. The topological polar surface area (TPSA) is 92.4 Å². The summed E-state index contributed by atoms with van der Waals surface area (Å²) in [6.45, 7) is 5.84. The van der Waals surface area contributed by atoms with Crippen LogP contribution in [0.2, 0.25) is 0 Å². The Balaban J connectivity index is 4.17. The zero-order chi connectivity index (χ0) is 13.4. The molecule has 0 saturated carbocycles. The van der Waals surface area contributed by atoms with E-state index >= 15 is 0 Å². The Kier molecular flexibility index (Phi) is 7.54. The summed E-state index contributed by atoms with van der Waals surface area (Å²) in [6.07, 6.45) is 2.32. The molecule has 0 heterocycles. The second-order valence-corrected chi connectivity index (χ2v) is 4.84. The maximum Gasteiger partial charge on any atom is 0.326 e. The number of carboxylic acids is 1. The van der Waals surface area contributed by atoms with Gasteiger partial charge in [0.1, 0.15) is 6.04 Å². The molecule has 0 radical (unpaired) electrons. The molecule has 0 aliphatic carbocycles. The van der Waals surface area contributed by atoms with Crippen LogP contribution in [0.25, 0.3) is 0 Å². The highest BCUT2D eigenvalue weighted by molar-refractivity contribution is 5.83. The summed E-state index contributed by atoms with van der Waals surface area (Å²) < 4.78 is 0. The van der Waals surface area contributed by atoms with E-state index < -0.39 is 12.0 Å². The number of rotatable bonds is 8. The van der Waals surface area contributed by atoms with Gasteiger partial charge in [-0.15, -0.1) is 0 Å². The summed E-state index contributed by atoms with van der Waals surface area (Å²) in [4.78, 5) is 22.5. The van der Waals surface area contributed by atoms with Gasteiger partial charge in [0.15, 0.2) is 0 Å². The summed E-state index contributed by atoms with van der Waals surface area (Å²) in [5.74, 6) is -1.05. The lowest BCUT2D eigenvalue weighted by Gasteiger charge is -2.17. The lowest BCUT2D eigenvalue weighted by atomic mass is 10.0. The van der Waals surface area contributed by atoms with Crippen LogP contribution in [-0.2, 0) is 9.59 Å². The molecule has 17 heavy (non-hydrogen) atoms. The number of nitrogens with one attached hydrogen (secondary N) is 1. The Morgan fingerprint density at radius 2 is 1.94 bits per heavy atom. The first-order valence-corrected chi connectivity index (χ1v) is 6.14. The van der Waals surface area contributed by atoms with Crippen molar-refractivity contribution in [3.63, 3.8) is 0 Å². The fourth-order valence-electron chi connectivity index (χ4n) is 1.66. The van der Waals surface area contributed by atoms with Crippen LogP contribution in [0, 0.1) is 5.92 Å². The van der Waals surface area contributed by atoms with Crippen molar-refractivity contribution in [2.24, 2.45) is 11.7 Å². The first-order chi connectivity index (χ1) is 7.86. The van der Waals surface area contributed by atoms with Crippen molar-refractivity contribution in [3.8, 4) is 0 Å². The minimum Gasteiger partial charge on any atom is -0.480 e. The molecule has 0 aliphatic rings. The fourth-order valence-corrected chi connectivity index (χ4v) is 1.66. The summed E-state index contributed by atoms with van der Waals surface area (Å²) in [6, 6.07) is -0.996. The second-order valence-electron chi connectivity index (χ2n) is 4.84. The average molecular weight is 244 g/mol. The molecule has 0 aliphatic heterocycles. The number of aliphatic carboxylic acids is 1. The molecule has 5 heteroatoms. The zero-order valence-corrected chi connectivity index (χ0v) is 10.9. The number of hydrogen-bond donors (Lipinski definition) is 3. The van der Waals surface area contributed by atoms with E-state index in [1.807, 2.05) is 20.8 Å². The van der Waals surface area contributed by atoms with E-state index in [9.17, 15) is 9.59 Å². The molecule has 0 aromatic carbocycles. The van der Waals surface area contributed by atoms with Crippen molar-refractivity contribution in [3.05, 3.63) is 0 Å². The van der Waals surface area contributed by atoms with Gasteiger partial charge < -0.3 is 16.2 Å². The van der Waals surface area contributed by atoms with Gasteiger partial charge in [0, 0.05) is 12.5 Å². The van der Waals surface area contributed by atoms with Gasteiger partial charge in [0.2, 0.25) is 5.91 Å². The van der Waals surface area contributed by atoms with Crippen molar-refractivity contribution in [2.45, 2.75) is 58.5 Å². The highest BCUT2D eigenvalue weighted by Gasteiger charge is 2.21. The third-order valence-corrected chi connectivity index (χ3v) is 2.45. The molecule has 1 unspecified atom stereocenters. The van der Waals surface area contributed by atoms with Crippen molar-refractivity contribution < 1.29 is 14.7 Å². The minimum absolute atomic E-state index is 0.187. The summed E-state index contributed by atoms with van der Waals surface area (Å²) in [5.41, 5.74) is 5.73. The molecule has 0 fully saturated rings. The van der Waals surface area contributed by atoms with Crippen molar-refractivity contribution >= 4 is 11.9 Å². The standard InChI is InChI=1S/C12H24N2O3/c1-4-5-9(13)7-11(15)14-10(12(16)17)6-8(2)3/h8-10H,4-7,13H2,1-3H3,(H,14,15)(H,16,17)/t9?,10-/m0/s1. The largest absolute Gasteiger partial charge is 0.480 e. The summed E-state index contributed by atoms with van der Waals surface area (Å²) in [5, 5.41) is 11.5. The molecule has 0 bridgehead atoms. The van der Waals surface area contributed by atoms with E-state index in [-0.39, 0.29) is 24.3 Å². The minimum atomic E-state index is -0.990. The monoisotopic (exact) mass is 244 g/mol. The van der Waals surface area contributed by atoms with Crippen LogP contribution >= 0.6 is 0 Å². The molecule has 0 saturated heterocycles. The molecule has 4 N–H and O–H groups in total. The summed E-state index contributed by atoms with van der Waals surface area (Å²) >= 11 is 0. The highest BCUT2D eigenvalue weighted by Crippen LogP contribution is 2.06. The Morgan fingerprint density at radius 1 is 1.35 bits per heavy atom. The van der Waals surface area contributed by atoms with Gasteiger partial charge in [-0.1, -0.05) is 27.2 Å². The van der Waals surface area contributed by atoms with Gasteiger partial charge in [0.05, 0.1) is 0 Å². The van der Waals surface area contributed by atoms with Gasteiger partial charge in [-0.2, -0.15) is 0 Å². The maximum absolute atomic E-state index is 11.6. The van der Waals surface area contributed by atoms with Crippen LogP contribution in [-0.4, -0.2) is 29.1 Å². The first-order valence-electron chi connectivity index (χ1n) is 6.14. The molecule has 1 amide bonds. The maximum atomic E-state index is 11.6. The van der Waals surface area contributed by atoms with E-state index in [1.165, 1.54) is 0 Å². The number of carboxylic acid groups (broad SMARTS) is 1. The predicted octanol–water partition coefficient (Wildman–Crippen LogP) is 1.12. The second kappa shape index (κ2) is 8.06. The number of amides is 1. The van der Waals surface area contributed by atoms with Gasteiger partial charge >= 0.3 is 5.97 Å². The van der Waals surface area contributed by atoms with E-state index in [4.69, 9.17) is 10.8 Å². The third-order valence-electron chi connectivity index (χ3n) is 2.45. The van der Waals surface area contributed by atoms with Gasteiger partial charge in [-0.3, -0.25) is 4.79 Å². The molecular weight excluding hydrogens is 220 g/mol. The zero-order valence-electron chi connectivity index (χ0n) is 10.9. The lowest BCUT2D eigenvalue weighted by molar-refractivity contribution is -0.142. The normalized spacial score (nSPS) is 14.4. The van der Waals surface area contributed by atoms with Crippen LogP contribution in [0.3, 0.4) is 0 Å². The quantitative estimate of drug-likeness (QED) is 0.596. The number of nitrogens with two attached hydrogens (primary N) is 1. The van der Waals surface area contributed by atoms with E-state index in [2.05, 4.69) is 5.32 Å². The molecule has 0 aromatic heterocycles. The van der Waals surface area contributed by atoms with Crippen LogP contribution < -0.4 is 11.1 Å². The molecule has 0 spiro atoms. The number of carbonyl (C=O) groups is 2. The summed E-state index contributed by atoms with van der Waals surface area (Å²) in [7, 11) is 0. The van der Waals surface area contributed by atoms with Crippen LogP contribution in [0.4, 0.5) is 0 Å². The van der Waals surface area contributed by atoms with Crippen LogP contribution in [0.15, 0.2) is 0 Å². The number of hydrogen-bond acceptors (Lipinski definition) is 3. The first kappa shape index (κ1) is 15.9. The Morgan fingerprint density at radius 3 is 2.35 bits per heavy atom. The van der Waals surface area contributed by atoms with Crippen LogP contribution in [0.1, 0.15) is 46.5 Å². The molecule has 100 valence electrons. The van der Waals surface area contributed by atoms with E-state index in [0.717, 1.165) is 12.8 Å². The van der Waals surface area contributed by atoms with Crippen LogP contribution in [0.5, 0.6) is 0 Å². The number of carbonyl (C=O) groups excluding carboxylic acids is 1. The molecule has 5 nitrogen and oxygen atoms in total. The molecule has 0 rings (SSSR count). The Bertz CT molecular complexity index is 254. The fraction of sp³-hybridized carbons (Fsp3) is 0.833. The molecule has 2 atom stereocenters. The van der Waals surface area contributed by atoms with E-state index in [1.54, 1.807) is 0 Å². The molecular formula is C12H24N2O3. The highest BCUT2D eigenvalue weighted by atomic mass is 16.4. The van der Waals surface area contributed by atoms with Crippen molar-refractivity contribution in [1.82, 2.24) is 5.32 Å². The SMILES string of the molecule is CCCC(N)CC(=O)N[C@@H](CC(C)C)C(=O)O. The van der Waals surface area contributed by atoms with Crippen molar-refractivity contribution in [2.75, 3.05) is 0 Å². The van der Waals surface area contributed by atoms with E-state index in [0.29, 0.717) is 6.42 Å². The van der Waals surface area contributed by atoms with Crippen molar-refractivity contribution in [1.29, 1.82) is 0 Å². The third kappa shape index (κ3) is 7.74. The Labute approximate surface area is 103 Å². The predicted molar refractivity (Wildman–Crippen MR) is 66.5 cm³/mol. The van der Waals surface area contributed by atoms with Gasteiger partial charge in [-0.05, 0) is 18.8 Å². The molecule has 0 aromatic rings. The van der Waals surface area contributed by atoms with Gasteiger partial charge in [-0.25, -0.2) is 4.79 Å². The lowest BCUT2D eigenvalue weighted by Crippen LogP contribution is -2.43. The van der Waals surface area contributed by atoms with Gasteiger partial charge in [0.25, 0.3) is 0 Å².